The van der Waals surface area contributed by atoms with Crippen LogP contribution in [0.4, 0.5) is 10.1 Å². The van der Waals surface area contributed by atoms with Crippen molar-refractivity contribution in [1.29, 1.82) is 0 Å². The molecule has 1 saturated heterocycles. The molecule has 3 aliphatic rings. The highest BCUT2D eigenvalue weighted by Gasteiger charge is 2.46. The molecule has 12 heteroatoms. The van der Waals surface area contributed by atoms with Gasteiger partial charge in [-0.3, -0.25) is 9.35 Å². The van der Waals surface area contributed by atoms with Gasteiger partial charge in [-0.1, -0.05) is 34.4 Å². The van der Waals surface area contributed by atoms with Crippen LogP contribution in [0.15, 0.2) is 40.9 Å². The van der Waals surface area contributed by atoms with E-state index in [-0.39, 0.29) is 36.5 Å². The van der Waals surface area contributed by atoms with Crippen molar-refractivity contribution in [2.24, 2.45) is 5.92 Å². The number of carbonyl (C=O) groups is 1. The van der Waals surface area contributed by atoms with Crippen LogP contribution in [0, 0.1) is 11.7 Å². The van der Waals surface area contributed by atoms with Gasteiger partial charge in [0.05, 0.1) is 34.1 Å². The quantitative estimate of drug-likeness (QED) is 0.186. The van der Waals surface area contributed by atoms with Crippen molar-refractivity contribution in [3.05, 3.63) is 69.1 Å². The number of nitrogens with zero attached hydrogens (tertiary/aromatic N) is 2. The highest BCUT2D eigenvalue weighted by molar-refractivity contribution is 7.85. The van der Waals surface area contributed by atoms with Gasteiger partial charge in [0.1, 0.15) is 17.3 Å². The number of hydrogen-bond donors (Lipinski definition) is 1. The average Bonchev–Trinajstić information content (AvgIpc) is 3.36. The number of carbonyl (C=O) groups excluding carboxylic acids is 1. The summed E-state index contributed by atoms with van der Waals surface area (Å²) in [5.74, 6) is -0.233. The van der Waals surface area contributed by atoms with Crippen LogP contribution in [-0.2, 0) is 21.5 Å². The Kier molecular flexibility index (Phi) is 7.88. The molecule has 0 unspecified atom stereocenters. The zero-order valence-corrected chi connectivity index (χ0v) is 24.4. The summed E-state index contributed by atoms with van der Waals surface area (Å²) in [5, 5.41) is 5.35. The molecule has 3 atom stereocenters. The average molecular weight is 624 g/mol. The Bertz CT molecular complexity index is 1570. The van der Waals surface area contributed by atoms with Crippen LogP contribution < -0.4 is 4.90 Å². The lowest BCUT2D eigenvalue weighted by atomic mass is 10.0. The Morgan fingerprint density at radius 3 is 2.56 bits per heavy atom. The fourth-order valence-corrected chi connectivity index (χ4v) is 7.21. The van der Waals surface area contributed by atoms with Crippen molar-refractivity contribution in [3.63, 3.8) is 0 Å². The Labute approximate surface area is 247 Å². The zero-order chi connectivity index (χ0) is 28.9. The maximum atomic E-state index is 14.9. The van der Waals surface area contributed by atoms with Crippen LogP contribution in [0.2, 0.25) is 10.0 Å². The molecule has 1 aromatic heterocycles. The second kappa shape index (κ2) is 11.3. The molecule has 2 heterocycles. The van der Waals surface area contributed by atoms with Gasteiger partial charge in [0.2, 0.25) is 0 Å². The van der Waals surface area contributed by atoms with E-state index in [9.17, 15) is 17.6 Å². The van der Waals surface area contributed by atoms with Gasteiger partial charge in [-0.2, -0.15) is 8.42 Å². The third-order valence-electron chi connectivity index (χ3n) is 8.28. The summed E-state index contributed by atoms with van der Waals surface area (Å²) in [7, 11) is -4.16. The second-order valence-corrected chi connectivity index (χ2v) is 13.5. The molecule has 6 rings (SSSR count). The second-order valence-electron chi connectivity index (χ2n) is 11.1. The van der Waals surface area contributed by atoms with E-state index in [1.165, 1.54) is 12.1 Å². The van der Waals surface area contributed by atoms with E-state index in [1.54, 1.807) is 24.3 Å². The number of benzene rings is 2. The van der Waals surface area contributed by atoms with Crippen molar-refractivity contribution in [2.75, 3.05) is 17.2 Å². The topological polar surface area (TPSA) is 110 Å². The highest BCUT2D eigenvalue weighted by Crippen LogP contribution is 2.47. The summed E-state index contributed by atoms with van der Waals surface area (Å²) in [4.78, 5) is 14.5. The molecule has 1 aliphatic heterocycles. The maximum absolute atomic E-state index is 14.9. The number of halogens is 3. The monoisotopic (exact) mass is 622 g/mol. The number of ketones is 1. The van der Waals surface area contributed by atoms with Gasteiger partial charge >= 0.3 is 0 Å². The predicted octanol–water partition coefficient (Wildman–Crippen LogP) is 6.70. The van der Waals surface area contributed by atoms with Gasteiger partial charge in [-0.15, -0.1) is 0 Å². The van der Waals surface area contributed by atoms with Crippen LogP contribution >= 0.6 is 23.2 Å². The Morgan fingerprint density at radius 1 is 1.17 bits per heavy atom. The molecule has 0 radical (unpaired) electrons. The fourth-order valence-electron chi connectivity index (χ4n) is 6.12. The van der Waals surface area contributed by atoms with E-state index >= 15 is 0 Å². The summed E-state index contributed by atoms with van der Waals surface area (Å²) in [6.07, 6.45) is 3.60. The lowest BCUT2D eigenvalue weighted by Gasteiger charge is -2.33. The molecule has 0 spiro atoms. The normalized spacial score (nSPS) is 22.0. The Balaban J connectivity index is 1.10. The number of hydrogen-bond acceptors (Lipinski definition) is 7. The fraction of sp³-hybridized carbons (Fsp3) is 0.448. The number of aromatic nitrogens is 1. The third kappa shape index (κ3) is 6.03. The van der Waals surface area contributed by atoms with Gasteiger partial charge in [0, 0.05) is 47.7 Å². The minimum Gasteiger partial charge on any atom is -0.373 e. The van der Waals surface area contributed by atoms with E-state index < -0.39 is 27.5 Å². The van der Waals surface area contributed by atoms with Crippen LogP contribution in [0.5, 0.6) is 0 Å². The Morgan fingerprint density at radius 2 is 1.93 bits per heavy atom. The molecular formula is C29H29Cl2FN2O6S. The van der Waals surface area contributed by atoms with E-state index in [0.717, 1.165) is 37.0 Å². The van der Waals surface area contributed by atoms with Crippen molar-refractivity contribution < 1.29 is 31.4 Å². The number of rotatable bonds is 11. The van der Waals surface area contributed by atoms with Crippen molar-refractivity contribution in [2.45, 2.75) is 63.2 Å². The number of fused-ring (bicyclic) bond motifs is 2. The minimum atomic E-state index is -4.16. The first-order valence-electron chi connectivity index (χ1n) is 13.7. The largest absolute Gasteiger partial charge is 0.373 e. The number of anilines is 1. The van der Waals surface area contributed by atoms with E-state index in [0.29, 0.717) is 46.1 Å². The summed E-state index contributed by atoms with van der Waals surface area (Å²) in [6.45, 7) is 1.04. The van der Waals surface area contributed by atoms with E-state index in [4.69, 9.17) is 37.0 Å². The van der Waals surface area contributed by atoms with Crippen molar-refractivity contribution >= 4 is 44.8 Å². The smallest absolute Gasteiger partial charge is 0.264 e. The molecule has 1 N–H and O–H groups in total. The number of Topliss-reactive ketones (excluding diaryl/α,β-unsaturated/α-hetero) is 1. The van der Waals surface area contributed by atoms with Gasteiger partial charge in [-0.25, -0.2) is 4.39 Å². The van der Waals surface area contributed by atoms with Crippen LogP contribution in [0.25, 0.3) is 11.3 Å². The van der Waals surface area contributed by atoms with E-state index in [1.807, 2.05) is 0 Å². The molecule has 3 fully saturated rings. The maximum Gasteiger partial charge on any atom is 0.264 e. The molecule has 2 bridgehead atoms. The molecule has 41 heavy (non-hydrogen) atoms. The number of ether oxygens (including phenoxy) is 1. The van der Waals surface area contributed by atoms with Crippen molar-refractivity contribution in [3.8, 4) is 11.3 Å². The molecule has 2 aliphatic carbocycles. The molecule has 2 aromatic carbocycles. The lowest BCUT2D eigenvalue weighted by Crippen LogP contribution is -2.38. The summed E-state index contributed by atoms with van der Waals surface area (Å²) >= 11 is 13.0. The third-order valence-corrected chi connectivity index (χ3v) is 9.71. The summed E-state index contributed by atoms with van der Waals surface area (Å²) in [5.41, 5.74) is 2.78. The minimum absolute atomic E-state index is 0.0290. The summed E-state index contributed by atoms with van der Waals surface area (Å²) < 4.78 is 57.7. The predicted molar refractivity (Wildman–Crippen MR) is 153 cm³/mol. The van der Waals surface area contributed by atoms with Gasteiger partial charge in [-0.05, 0) is 62.4 Å². The van der Waals surface area contributed by atoms with Gasteiger partial charge in [0.15, 0.2) is 5.78 Å². The van der Waals surface area contributed by atoms with Gasteiger partial charge in [0.25, 0.3) is 10.1 Å². The molecule has 8 nitrogen and oxygen atoms in total. The zero-order valence-electron chi connectivity index (χ0n) is 22.1. The molecule has 218 valence electrons. The van der Waals surface area contributed by atoms with E-state index in [2.05, 4.69) is 10.1 Å². The molecular weight excluding hydrogens is 594 g/mol. The molecule has 3 aromatic rings. The first kappa shape index (κ1) is 28.6. The van der Waals surface area contributed by atoms with Crippen LogP contribution in [0.3, 0.4) is 0 Å². The molecule has 2 saturated carbocycles. The Hall–Kier alpha value is -2.50. The summed E-state index contributed by atoms with van der Waals surface area (Å²) in [6, 6.07) is 10.1. The highest BCUT2D eigenvalue weighted by atomic mass is 35.5. The first-order chi connectivity index (χ1) is 19.6. The van der Waals surface area contributed by atoms with Crippen LogP contribution in [0.1, 0.15) is 66.1 Å². The van der Waals surface area contributed by atoms with Crippen LogP contribution in [-0.4, -0.2) is 48.4 Å². The lowest BCUT2D eigenvalue weighted by molar-refractivity contribution is 0.0122. The van der Waals surface area contributed by atoms with Crippen molar-refractivity contribution in [1.82, 2.24) is 5.16 Å². The molecule has 0 amide bonds. The van der Waals surface area contributed by atoms with Gasteiger partial charge < -0.3 is 14.2 Å². The first-order valence-corrected chi connectivity index (χ1v) is 16.0. The SMILES string of the molecule is O=C(CCCS(=O)(=O)O)c1ccc(N2C[C@@H]3C[C@H]2C[C@H]3OCc2c(-c3c(Cl)cccc3Cl)noc2C2CC2)cc1F. The standard InChI is InChI=1S/C29H29Cl2FN2O6S/c30-22-3-1-4-23(31)27(22)28-21(29(40-33-28)16-6-7-16)15-39-26-13-19-11-17(26)14-34(19)18-8-9-20(24(32)12-18)25(35)5-2-10-41(36,37)38/h1,3-4,8-9,12,16-17,19,26H,2,5-7,10-11,13-15H2,(H,36,37,38)/t17-,19-,26+/m0/s1. The number of piperidine rings is 1.